The van der Waals surface area contributed by atoms with Crippen LogP contribution < -0.4 is 10.5 Å². The fraction of sp³-hybridized carbons (Fsp3) is 0.417. The Hall–Kier alpha value is -0.990. The number of halogens is 2. The molecule has 0 aliphatic rings. The van der Waals surface area contributed by atoms with E-state index in [9.17, 15) is 17.6 Å². The average Bonchev–Trinajstić information content (AvgIpc) is 2.30. The topological polar surface area (TPSA) is 89.3 Å². The van der Waals surface area contributed by atoms with Gasteiger partial charge >= 0.3 is 0 Å². The fourth-order valence-electron chi connectivity index (χ4n) is 1.74. The standard InChI is InChI=1S/C12H16BrFN2O3S/c1-3-4-7(2)16-12(17)9-5-8(14)6-10(11(9)13)20(15,18)19/h5-7H,3-4H2,1-2H3,(H,16,17)(H2,15,18,19). The van der Waals surface area contributed by atoms with Gasteiger partial charge in [0.25, 0.3) is 5.91 Å². The van der Waals surface area contributed by atoms with Crippen LogP contribution in [-0.4, -0.2) is 20.4 Å². The highest BCUT2D eigenvalue weighted by Gasteiger charge is 2.22. The highest BCUT2D eigenvalue weighted by molar-refractivity contribution is 9.10. The van der Waals surface area contributed by atoms with E-state index in [-0.39, 0.29) is 16.1 Å². The summed E-state index contributed by atoms with van der Waals surface area (Å²) in [4.78, 5) is 11.6. The number of nitrogens with two attached hydrogens (primary N) is 1. The number of carbonyl (C=O) groups excluding carboxylic acids is 1. The normalized spacial score (nSPS) is 13.1. The molecular weight excluding hydrogens is 351 g/mol. The van der Waals surface area contributed by atoms with Crippen molar-refractivity contribution in [2.24, 2.45) is 5.14 Å². The molecule has 1 unspecified atom stereocenters. The minimum absolute atomic E-state index is 0.0393. The van der Waals surface area contributed by atoms with Crippen molar-refractivity contribution in [2.75, 3.05) is 0 Å². The number of amides is 1. The smallest absolute Gasteiger partial charge is 0.252 e. The molecule has 0 aromatic heterocycles. The Morgan fingerprint density at radius 2 is 2.10 bits per heavy atom. The molecule has 1 aromatic carbocycles. The minimum Gasteiger partial charge on any atom is -0.350 e. The molecule has 1 atom stereocenters. The van der Waals surface area contributed by atoms with Gasteiger partial charge in [-0.05, 0) is 41.4 Å². The number of sulfonamides is 1. The minimum atomic E-state index is -4.12. The summed E-state index contributed by atoms with van der Waals surface area (Å²) >= 11 is 2.99. The van der Waals surface area contributed by atoms with E-state index in [1.807, 2.05) is 13.8 Å². The first-order chi connectivity index (χ1) is 9.16. The van der Waals surface area contributed by atoms with Crippen LogP contribution in [0.1, 0.15) is 37.0 Å². The molecule has 20 heavy (non-hydrogen) atoms. The van der Waals surface area contributed by atoms with Crippen LogP contribution in [0.25, 0.3) is 0 Å². The lowest BCUT2D eigenvalue weighted by atomic mass is 10.1. The van der Waals surface area contributed by atoms with E-state index in [2.05, 4.69) is 21.2 Å². The van der Waals surface area contributed by atoms with Crippen LogP contribution in [0.3, 0.4) is 0 Å². The summed E-state index contributed by atoms with van der Waals surface area (Å²) in [6.45, 7) is 3.79. The Bertz CT molecular complexity index is 619. The van der Waals surface area contributed by atoms with Crippen molar-refractivity contribution in [3.8, 4) is 0 Å². The van der Waals surface area contributed by atoms with Crippen molar-refractivity contribution in [3.05, 3.63) is 28.0 Å². The Kier molecular flexibility index (Phi) is 5.67. The van der Waals surface area contributed by atoms with Crippen molar-refractivity contribution in [2.45, 2.75) is 37.6 Å². The average molecular weight is 367 g/mol. The van der Waals surface area contributed by atoms with Gasteiger partial charge in [0.1, 0.15) is 5.82 Å². The molecular formula is C12H16BrFN2O3S. The van der Waals surface area contributed by atoms with Crippen LogP contribution in [0.15, 0.2) is 21.5 Å². The summed E-state index contributed by atoms with van der Waals surface area (Å²) in [5, 5.41) is 7.66. The second kappa shape index (κ2) is 6.64. The molecule has 1 aromatic rings. The quantitative estimate of drug-likeness (QED) is 0.836. The lowest BCUT2D eigenvalue weighted by molar-refractivity contribution is 0.0936. The Morgan fingerprint density at radius 1 is 1.50 bits per heavy atom. The second-order valence-corrected chi connectivity index (χ2v) is 6.80. The van der Waals surface area contributed by atoms with E-state index in [4.69, 9.17) is 5.14 Å². The van der Waals surface area contributed by atoms with Crippen LogP contribution in [0, 0.1) is 5.82 Å². The molecule has 0 saturated heterocycles. The zero-order valence-corrected chi connectivity index (χ0v) is 13.5. The Labute approximate surface area is 125 Å². The van der Waals surface area contributed by atoms with Crippen LogP contribution in [-0.2, 0) is 10.0 Å². The van der Waals surface area contributed by atoms with E-state index >= 15 is 0 Å². The summed E-state index contributed by atoms with van der Waals surface area (Å²) in [6, 6.07) is 1.64. The molecule has 0 fully saturated rings. The molecule has 0 heterocycles. The van der Waals surface area contributed by atoms with Gasteiger partial charge in [-0.1, -0.05) is 13.3 Å². The predicted molar refractivity (Wildman–Crippen MR) is 77.3 cm³/mol. The number of nitrogens with one attached hydrogen (secondary N) is 1. The Balaban J connectivity index is 3.19. The summed E-state index contributed by atoms with van der Waals surface area (Å²) in [5.74, 6) is -1.40. The molecule has 0 aliphatic carbocycles. The molecule has 0 aliphatic heterocycles. The van der Waals surface area contributed by atoms with Crippen LogP contribution in [0.4, 0.5) is 4.39 Å². The predicted octanol–water partition coefficient (Wildman–Crippen LogP) is 2.15. The fourth-order valence-corrected chi connectivity index (χ4v) is 3.47. The molecule has 0 saturated carbocycles. The first-order valence-electron chi connectivity index (χ1n) is 5.99. The molecule has 0 radical (unpaired) electrons. The molecule has 112 valence electrons. The molecule has 0 spiro atoms. The SMILES string of the molecule is CCCC(C)NC(=O)c1cc(F)cc(S(N)(=O)=O)c1Br. The number of benzene rings is 1. The third-order valence-electron chi connectivity index (χ3n) is 2.65. The number of hydrogen-bond acceptors (Lipinski definition) is 3. The van der Waals surface area contributed by atoms with E-state index in [1.165, 1.54) is 0 Å². The monoisotopic (exact) mass is 366 g/mol. The number of carbonyl (C=O) groups is 1. The van der Waals surface area contributed by atoms with Gasteiger partial charge in [-0.2, -0.15) is 0 Å². The Morgan fingerprint density at radius 3 is 2.60 bits per heavy atom. The van der Waals surface area contributed by atoms with E-state index in [1.54, 1.807) is 0 Å². The third kappa shape index (κ3) is 4.26. The van der Waals surface area contributed by atoms with Crippen molar-refractivity contribution in [3.63, 3.8) is 0 Å². The van der Waals surface area contributed by atoms with Gasteiger partial charge in [-0.3, -0.25) is 4.79 Å². The summed E-state index contributed by atoms with van der Waals surface area (Å²) in [5.41, 5.74) is -0.100. The highest BCUT2D eigenvalue weighted by atomic mass is 79.9. The van der Waals surface area contributed by atoms with Gasteiger partial charge < -0.3 is 5.32 Å². The van der Waals surface area contributed by atoms with Crippen molar-refractivity contribution < 1.29 is 17.6 Å². The van der Waals surface area contributed by atoms with E-state index < -0.39 is 26.6 Å². The molecule has 3 N–H and O–H groups in total. The van der Waals surface area contributed by atoms with Crippen molar-refractivity contribution in [1.29, 1.82) is 0 Å². The van der Waals surface area contributed by atoms with E-state index in [0.29, 0.717) is 0 Å². The second-order valence-electron chi connectivity index (χ2n) is 4.47. The van der Waals surface area contributed by atoms with Gasteiger partial charge in [0.15, 0.2) is 0 Å². The number of primary sulfonamides is 1. The lowest BCUT2D eigenvalue weighted by Gasteiger charge is -2.14. The van der Waals surface area contributed by atoms with Crippen LogP contribution >= 0.6 is 15.9 Å². The first-order valence-corrected chi connectivity index (χ1v) is 8.33. The summed E-state index contributed by atoms with van der Waals surface area (Å²) in [6.07, 6.45) is 1.65. The maximum absolute atomic E-state index is 13.5. The lowest BCUT2D eigenvalue weighted by Crippen LogP contribution is -2.33. The maximum atomic E-state index is 13.5. The van der Waals surface area contributed by atoms with Gasteiger partial charge in [-0.25, -0.2) is 17.9 Å². The highest BCUT2D eigenvalue weighted by Crippen LogP contribution is 2.26. The molecule has 8 heteroatoms. The van der Waals surface area contributed by atoms with Crippen LogP contribution in [0.2, 0.25) is 0 Å². The molecule has 5 nitrogen and oxygen atoms in total. The number of rotatable bonds is 5. The summed E-state index contributed by atoms with van der Waals surface area (Å²) < 4.78 is 36.1. The van der Waals surface area contributed by atoms with Crippen molar-refractivity contribution >= 4 is 31.9 Å². The maximum Gasteiger partial charge on any atom is 0.252 e. The zero-order chi connectivity index (χ0) is 15.5. The summed E-state index contributed by atoms with van der Waals surface area (Å²) in [7, 11) is -4.12. The largest absolute Gasteiger partial charge is 0.350 e. The van der Waals surface area contributed by atoms with Gasteiger partial charge in [0.2, 0.25) is 10.0 Å². The molecule has 0 bridgehead atoms. The molecule has 1 rings (SSSR count). The van der Waals surface area contributed by atoms with Gasteiger partial charge in [0, 0.05) is 6.04 Å². The third-order valence-corrected chi connectivity index (χ3v) is 4.71. The van der Waals surface area contributed by atoms with Gasteiger partial charge in [0.05, 0.1) is 14.9 Å². The van der Waals surface area contributed by atoms with Crippen LogP contribution in [0.5, 0.6) is 0 Å². The van der Waals surface area contributed by atoms with Gasteiger partial charge in [-0.15, -0.1) is 0 Å². The first kappa shape index (κ1) is 17.1. The zero-order valence-electron chi connectivity index (χ0n) is 11.1. The molecule has 1 amide bonds. The van der Waals surface area contributed by atoms with E-state index in [0.717, 1.165) is 25.0 Å². The van der Waals surface area contributed by atoms with Crippen molar-refractivity contribution in [1.82, 2.24) is 5.32 Å². The number of hydrogen-bond donors (Lipinski definition) is 2.